The van der Waals surface area contributed by atoms with Gasteiger partial charge in [0.15, 0.2) is 0 Å². The van der Waals surface area contributed by atoms with E-state index < -0.39 is 12.0 Å². The van der Waals surface area contributed by atoms with Crippen LogP contribution in [0.5, 0.6) is 0 Å². The molecule has 2 amide bonds. The molecule has 1 atom stereocenters. The van der Waals surface area contributed by atoms with E-state index in [1.807, 2.05) is 0 Å². The van der Waals surface area contributed by atoms with Gasteiger partial charge in [-0.25, -0.2) is 9.59 Å². The standard InChI is InChI=1S/C16H18Cl2N2O4/c1-9-13(15(21)24-3)14(11-5-4-10(17)8-12(11)18)19-16(22)20(9)6-7-23-2/h4-5,8,14H,6-7H2,1-3H3,(H,19,22)/t14-/m0/s1. The molecule has 1 aromatic rings. The number of carbonyl (C=O) groups is 2. The summed E-state index contributed by atoms with van der Waals surface area (Å²) in [6.45, 7) is 2.35. The van der Waals surface area contributed by atoms with Crippen LogP contribution in [-0.2, 0) is 14.3 Å². The van der Waals surface area contributed by atoms with Gasteiger partial charge in [0.05, 0.1) is 31.9 Å². The lowest BCUT2D eigenvalue weighted by Gasteiger charge is -2.35. The van der Waals surface area contributed by atoms with Crippen LogP contribution in [0.2, 0.25) is 10.0 Å². The average molecular weight is 373 g/mol. The van der Waals surface area contributed by atoms with Gasteiger partial charge in [-0.1, -0.05) is 29.3 Å². The first-order chi connectivity index (χ1) is 11.4. The third-order valence-corrected chi connectivity index (χ3v) is 4.36. The van der Waals surface area contributed by atoms with Crippen molar-refractivity contribution in [2.24, 2.45) is 0 Å². The topological polar surface area (TPSA) is 67.9 Å². The second-order valence-electron chi connectivity index (χ2n) is 5.18. The maximum absolute atomic E-state index is 12.4. The van der Waals surface area contributed by atoms with Crippen LogP contribution < -0.4 is 5.32 Å². The lowest BCUT2D eigenvalue weighted by molar-refractivity contribution is -0.136. The van der Waals surface area contributed by atoms with Gasteiger partial charge < -0.3 is 14.8 Å². The lowest BCUT2D eigenvalue weighted by atomic mass is 9.95. The van der Waals surface area contributed by atoms with Gasteiger partial charge in [0.25, 0.3) is 0 Å². The van der Waals surface area contributed by atoms with Gasteiger partial charge in [0.2, 0.25) is 0 Å². The molecule has 0 fully saturated rings. The largest absolute Gasteiger partial charge is 0.466 e. The Bertz CT molecular complexity index is 691. The first kappa shape index (κ1) is 18.6. The molecule has 24 heavy (non-hydrogen) atoms. The van der Waals surface area contributed by atoms with Gasteiger partial charge >= 0.3 is 12.0 Å². The van der Waals surface area contributed by atoms with E-state index in [-0.39, 0.29) is 6.03 Å². The van der Waals surface area contributed by atoms with Gasteiger partial charge in [-0.3, -0.25) is 4.90 Å². The number of allylic oxidation sites excluding steroid dienone is 1. The van der Waals surface area contributed by atoms with Crippen LogP contribution in [0.3, 0.4) is 0 Å². The number of rotatable bonds is 5. The highest BCUT2D eigenvalue weighted by atomic mass is 35.5. The zero-order chi connectivity index (χ0) is 17.9. The zero-order valence-electron chi connectivity index (χ0n) is 13.6. The fourth-order valence-corrected chi connectivity index (χ4v) is 3.09. The molecule has 8 heteroatoms. The van der Waals surface area contributed by atoms with Crippen LogP contribution in [-0.4, -0.2) is 44.3 Å². The number of nitrogens with zero attached hydrogens (tertiary/aromatic N) is 1. The molecule has 0 spiro atoms. The summed E-state index contributed by atoms with van der Waals surface area (Å²) in [5, 5.41) is 3.61. The molecule has 2 rings (SSSR count). The van der Waals surface area contributed by atoms with E-state index in [2.05, 4.69) is 5.32 Å². The van der Waals surface area contributed by atoms with Crippen molar-refractivity contribution in [2.75, 3.05) is 27.4 Å². The van der Waals surface area contributed by atoms with E-state index in [1.54, 1.807) is 32.2 Å². The maximum Gasteiger partial charge on any atom is 0.337 e. The number of carbonyl (C=O) groups excluding carboxylic acids is 2. The second kappa shape index (κ2) is 7.88. The Hall–Kier alpha value is -1.76. The fourth-order valence-electron chi connectivity index (χ4n) is 2.58. The predicted octanol–water partition coefficient (Wildman–Crippen LogP) is 3.15. The molecule has 0 saturated carbocycles. The number of amides is 2. The van der Waals surface area contributed by atoms with Crippen molar-refractivity contribution in [2.45, 2.75) is 13.0 Å². The van der Waals surface area contributed by atoms with Crippen molar-refractivity contribution >= 4 is 35.2 Å². The fraction of sp³-hybridized carbons (Fsp3) is 0.375. The Balaban J connectivity index is 2.52. The van der Waals surface area contributed by atoms with Crippen LogP contribution >= 0.6 is 23.2 Å². The Morgan fingerprint density at radius 3 is 2.62 bits per heavy atom. The highest BCUT2D eigenvalue weighted by Crippen LogP contribution is 2.35. The number of methoxy groups -OCH3 is 2. The quantitative estimate of drug-likeness (QED) is 0.806. The number of esters is 1. The normalized spacial score (nSPS) is 17.8. The molecule has 1 aliphatic rings. The average Bonchev–Trinajstić information content (AvgIpc) is 2.53. The van der Waals surface area contributed by atoms with Crippen LogP contribution in [0, 0.1) is 0 Å². The van der Waals surface area contributed by atoms with E-state index >= 15 is 0 Å². The van der Waals surface area contributed by atoms with Gasteiger partial charge in [-0.15, -0.1) is 0 Å². The first-order valence-electron chi connectivity index (χ1n) is 7.21. The number of ether oxygens (including phenoxy) is 2. The van der Waals surface area contributed by atoms with Crippen molar-refractivity contribution in [3.05, 3.63) is 45.1 Å². The minimum atomic E-state index is -0.714. The number of benzene rings is 1. The molecule has 6 nitrogen and oxygen atoms in total. The van der Waals surface area contributed by atoms with E-state index in [0.29, 0.717) is 40.0 Å². The molecular weight excluding hydrogens is 355 g/mol. The van der Waals surface area contributed by atoms with Crippen LogP contribution in [0.4, 0.5) is 4.79 Å². The molecule has 1 aromatic carbocycles. The minimum absolute atomic E-state index is 0.315. The summed E-state index contributed by atoms with van der Waals surface area (Å²) in [6, 6.07) is 3.83. The van der Waals surface area contributed by atoms with E-state index in [9.17, 15) is 9.59 Å². The van der Waals surface area contributed by atoms with E-state index in [0.717, 1.165) is 0 Å². The number of hydrogen-bond donors (Lipinski definition) is 1. The summed E-state index contributed by atoms with van der Waals surface area (Å²) in [6.07, 6.45) is 0. The van der Waals surface area contributed by atoms with E-state index in [4.69, 9.17) is 32.7 Å². The third kappa shape index (κ3) is 3.66. The number of hydrogen-bond acceptors (Lipinski definition) is 4. The summed E-state index contributed by atoms with van der Waals surface area (Å²) in [7, 11) is 2.83. The maximum atomic E-state index is 12.4. The lowest BCUT2D eigenvalue weighted by Crippen LogP contribution is -2.49. The molecule has 1 heterocycles. The van der Waals surface area contributed by atoms with Gasteiger partial charge in [-0.05, 0) is 24.6 Å². The number of urea groups is 1. The highest BCUT2D eigenvalue weighted by molar-refractivity contribution is 6.35. The molecule has 0 aliphatic carbocycles. The Labute approximate surface area is 150 Å². The molecule has 0 aromatic heterocycles. The summed E-state index contributed by atoms with van der Waals surface area (Å²) < 4.78 is 9.90. The molecule has 0 radical (unpaired) electrons. The summed E-state index contributed by atoms with van der Waals surface area (Å²) in [5.74, 6) is -0.536. The number of nitrogens with one attached hydrogen (secondary N) is 1. The van der Waals surface area contributed by atoms with Gasteiger partial charge in [-0.2, -0.15) is 0 Å². The van der Waals surface area contributed by atoms with Crippen molar-refractivity contribution in [1.29, 1.82) is 0 Å². The molecule has 130 valence electrons. The zero-order valence-corrected chi connectivity index (χ0v) is 15.1. The molecule has 1 aliphatic heterocycles. The molecule has 0 saturated heterocycles. The van der Waals surface area contributed by atoms with Crippen molar-refractivity contribution in [3.63, 3.8) is 0 Å². The van der Waals surface area contributed by atoms with Crippen molar-refractivity contribution in [1.82, 2.24) is 10.2 Å². The Morgan fingerprint density at radius 1 is 1.33 bits per heavy atom. The highest BCUT2D eigenvalue weighted by Gasteiger charge is 2.36. The van der Waals surface area contributed by atoms with E-state index in [1.165, 1.54) is 12.0 Å². The first-order valence-corrected chi connectivity index (χ1v) is 7.97. The van der Waals surface area contributed by atoms with Crippen LogP contribution in [0.1, 0.15) is 18.5 Å². The monoisotopic (exact) mass is 372 g/mol. The Kier molecular flexibility index (Phi) is 6.10. The summed E-state index contributed by atoms with van der Waals surface area (Å²) in [4.78, 5) is 26.2. The molecule has 0 bridgehead atoms. The predicted molar refractivity (Wildman–Crippen MR) is 91.0 cm³/mol. The third-order valence-electron chi connectivity index (χ3n) is 3.79. The smallest absolute Gasteiger partial charge is 0.337 e. The Morgan fingerprint density at radius 2 is 2.04 bits per heavy atom. The summed E-state index contributed by atoms with van der Waals surface area (Å²) in [5.41, 5.74) is 1.39. The van der Waals surface area contributed by atoms with Gasteiger partial charge in [0, 0.05) is 22.9 Å². The van der Waals surface area contributed by atoms with Crippen molar-refractivity contribution in [3.8, 4) is 0 Å². The second-order valence-corrected chi connectivity index (χ2v) is 6.03. The van der Waals surface area contributed by atoms with Crippen molar-refractivity contribution < 1.29 is 19.1 Å². The summed E-state index contributed by atoms with van der Waals surface area (Å²) >= 11 is 12.2. The SMILES string of the molecule is COCCN1C(=O)N[C@@H](c2ccc(Cl)cc2Cl)C(C(=O)OC)=C1C. The minimum Gasteiger partial charge on any atom is -0.466 e. The number of halogens is 2. The van der Waals surface area contributed by atoms with Gasteiger partial charge in [0.1, 0.15) is 0 Å². The molecular formula is C16H18Cl2N2O4. The molecule has 1 N–H and O–H groups in total. The van der Waals surface area contributed by atoms with Crippen LogP contribution in [0.25, 0.3) is 0 Å². The van der Waals surface area contributed by atoms with Crippen LogP contribution in [0.15, 0.2) is 29.5 Å². The molecule has 0 unspecified atom stereocenters.